The maximum Gasteiger partial charge on any atom is 0.260 e. The minimum absolute atomic E-state index is 0.0406. The Morgan fingerprint density at radius 2 is 1.78 bits per heavy atom. The van der Waals surface area contributed by atoms with Crippen molar-refractivity contribution in [1.29, 1.82) is 0 Å². The number of nitrogens with zero attached hydrogens (tertiary/aromatic N) is 1. The molecule has 0 N–H and O–H groups in total. The summed E-state index contributed by atoms with van der Waals surface area (Å²) < 4.78 is 27.6. The predicted molar refractivity (Wildman–Crippen MR) is 117 cm³/mol. The quantitative estimate of drug-likeness (QED) is 0.612. The lowest BCUT2D eigenvalue weighted by Crippen LogP contribution is -2.32. The first-order chi connectivity index (χ1) is 15.5. The van der Waals surface area contributed by atoms with E-state index < -0.39 is 0 Å². The number of hydrogen-bond acceptors (Lipinski definition) is 7. The van der Waals surface area contributed by atoms with Gasteiger partial charge in [-0.2, -0.15) is 0 Å². The van der Waals surface area contributed by atoms with E-state index in [1.54, 1.807) is 41.3 Å². The summed E-state index contributed by atoms with van der Waals surface area (Å²) in [5, 5.41) is 0. The van der Waals surface area contributed by atoms with Crippen LogP contribution in [0.5, 0.6) is 28.7 Å². The van der Waals surface area contributed by atoms with Crippen molar-refractivity contribution in [3.8, 4) is 28.7 Å². The maximum absolute atomic E-state index is 12.8. The molecule has 32 heavy (non-hydrogen) atoms. The van der Waals surface area contributed by atoms with Crippen molar-refractivity contribution in [3.05, 3.63) is 47.2 Å². The smallest absolute Gasteiger partial charge is 0.260 e. The SMILES string of the molecule is COc1ccc(C=C2Oc3cc(OCC(=O)N4CCCC4)ccc3C2=O)c(OC)c1OC. The van der Waals surface area contributed by atoms with Crippen LogP contribution in [-0.2, 0) is 4.79 Å². The van der Waals surface area contributed by atoms with Crippen LogP contribution >= 0.6 is 0 Å². The van der Waals surface area contributed by atoms with Crippen LogP contribution in [-0.4, -0.2) is 57.6 Å². The first-order valence-electron chi connectivity index (χ1n) is 10.3. The molecule has 1 fully saturated rings. The molecule has 0 atom stereocenters. The van der Waals surface area contributed by atoms with Crippen LogP contribution < -0.4 is 23.7 Å². The lowest BCUT2D eigenvalue weighted by Gasteiger charge is -2.15. The third-order valence-corrected chi connectivity index (χ3v) is 5.48. The van der Waals surface area contributed by atoms with Gasteiger partial charge in [0.2, 0.25) is 11.5 Å². The third kappa shape index (κ3) is 4.08. The first kappa shape index (κ1) is 21.5. The second-order valence-corrected chi connectivity index (χ2v) is 7.40. The van der Waals surface area contributed by atoms with E-state index in [9.17, 15) is 9.59 Å². The molecule has 0 aromatic heterocycles. The van der Waals surface area contributed by atoms with Gasteiger partial charge in [0, 0.05) is 24.7 Å². The van der Waals surface area contributed by atoms with Crippen molar-refractivity contribution < 1.29 is 33.3 Å². The molecule has 8 heteroatoms. The van der Waals surface area contributed by atoms with Gasteiger partial charge in [0.1, 0.15) is 11.5 Å². The van der Waals surface area contributed by atoms with Gasteiger partial charge in [0.25, 0.3) is 5.91 Å². The minimum atomic E-state index is -0.253. The summed E-state index contributed by atoms with van der Waals surface area (Å²) >= 11 is 0. The molecule has 2 aliphatic heterocycles. The fourth-order valence-electron chi connectivity index (χ4n) is 3.84. The first-order valence-corrected chi connectivity index (χ1v) is 10.3. The fraction of sp³-hybridized carbons (Fsp3) is 0.333. The Hall–Kier alpha value is -3.68. The van der Waals surface area contributed by atoms with Gasteiger partial charge in [-0.25, -0.2) is 0 Å². The van der Waals surface area contributed by atoms with Crippen molar-refractivity contribution in [2.75, 3.05) is 41.0 Å². The summed E-state index contributed by atoms with van der Waals surface area (Å²) in [6, 6.07) is 8.41. The number of fused-ring (bicyclic) bond motifs is 1. The van der Waals surface area contributed by atoms with Crippen LogP contribution in [0.4, 0.5) is 0 Å². The number of Topliss-reactive ketones (excluding diaryl/α,β-unsaturated/α-hetero) is 1. The molecule has 0 unspecified atom stereocenters. The van der Waals surface area contributed by atoms with Gasteiger partial charge in [-0.15, -0.1) is 0 Å². The number of rotatable bonds is 7. The monoisotopic (exact) mass is 439 g/mol. The van der Waals surface area contributed by atoms with Gasteiger partial charge in [0.15, 0.2) is 23.9 Å². The largest absolute Gasteiger partial charge is 0.493 e. The molecule has 0 saturated carbocycles. The topological polar surface area (TPSA) is 83.5 Å². The van der Waals surface area contributed by atoms with E-state index in [2.05, 4.69) is 0 Å². The maximum atomic E-state index is 12.8. The summed E-state index contributed by atoms with van der Waals surface area (Å²) in [6.45, 7) is 1.51. The average molecular weight is 439 g/mol. The molecule has 0 aliphatic carbocycles. The van der Waals surface area contributed by atoms with Crippen LogP contribution in [0.25, 0.3) is 6.08 Å². The molecule has 1 amide bonds. The van der Waals surface area contributed by atoms with Gasteiger partial charge in [0.05, 0.1) is 26.9 Å². The van der Waals surface area contributed by atoms with Gasteiger partial charge in [-0.05, 0) is 43.2 Å². The molecule has 1 saturated heterocycles. The number of ether oxygens (including phenoxy) is 5. The molecule has 0 bridgehead atoms. The van der Waals surface area contributed by atoms with Gasteiger partial charge in [-0.1, -0.05) is 0 Å². The van der Waals surface area contributed by atoms with E-state index in [0.29, 0.717) is 39.9 Å². The molecule has 8 nitrogen and oxygen atoms in total. The zero-order chi connectivity index (χ0) is 22.7. The Morgan fingerprint density at radius 3 is 2.47 bits per heavy atom. The lowest BCUT2D eigenvalue weighted by atomic mass is 10.1. The van der Waals surface area contributed by atoms with Crippen molar-refractivity contribution in [2.24, 2.45) is 0 Å². The number of likely N-dealkylation sites (tertiary alicyclic amines) is 1. The number of hydrogen-bond donors (Lipinski definition) is 0. The fourth-order valence-corrected chi connectivity index (χ4v) is 3.84. The van der Waals surface area contributed by atoms with Crippen LogP contribution in [0.3, 0.4) is 0 Å². The molecule has 2 aromatic rings. The average Bonchev–Trinajstić information content (AvgIpc) is 3.45. The molecule has 2 aromatic carbocycles. The third-order valence-electron chi connectivity index (χ3n) is 5.48. The number of carbonyl (C=O) groups is 2. The van der Waals surface area contributed by atoms with E-state index in [4.69, 9.17) is 23.7 Å². The summed E-state index contributed by atoms with van der Waals surface area (Å²) in [4.78, 5) is 26.8. The number of allylic oxidation sites excluding steroid dienone is 1. The summed E-state index contributed by atoms with van der Waals surface area (Å²) in [5.41, 5.74) is 1.03. The van der Waals surface area contributed by atoms with Crippen LogP contribution in [0, 0.1) is 0 Å². The molecule has 0 spiro atoms. The Morgan fingerprint density at radius 1 is 1.03 bits per heavy atom. The molecule has 2 aliphatic rings. The van der Waals surface area contributed by atoms with Crippen molar-refractivity contribution in [1.82, 2.24) is 4.90 Å². The van der Waals surface area contributed by atoms with Crippen LogP contribution in [0.2, 0.25) is 0 Å². The van der Waals surface area contributed by atoms with Crippen LogP contribution in [0.1, 0.15) is 28.8 Å². The van der Waals surface area contributed by atoms with Crippen molar-refractivity contribution in [3.63, 3.8) is 0 Å². The minimum Gasteiger partial charge on any atom is -0.493 e. The van der Waals surface area contributed by atoms with E-state index in [0.717, 1.165) is 25.9 Å². The highest BCUT2D eigenvalue weighted by Gasteiger charge is 2.29. The molecular formula is C24H25NO7. The van der Waals surface area contributed by atoms with Gasteiger partial charge in [-0.3, -0.25) is 9.59 Å². The second-order valence-electron chi connectivity index (χ2n) is 7.40. The predicted octanol–water partition coefficient (Wildman–Crippen LogP) is 3.33. The number of ketones is 1. The normalized spacial score (nSPS) is 16.0. The van der Waals surface area contributed by atoms with E-state index in [-0.39, 0.29) is 24.1 Å². The summed E-state index contributed by atoms with van der Waals surface area (Å²) in [6.07, 6.45) is 3.65. The number of amides is 1. The van der Waals surface area contributed by atoms with Crippen molar-refractivity contribution in [2.45, 2.75) is 12.8 Å². The lowest BCUT2D eigenvalue weighted by molar-refractivity contribution is -0.132. The molecule has 0 radical (unpaired) electrons. The highest BCUT2D eigenvalue weighted by Crippen LogP contribution is 2.42. The number of methoxy groups -OCH3 is 3. The Balaban J connectivity index is 1.53. The Bertz CT molecular complexity index is 1070. The van der Waals surface area contributed by atoms with Gasteiger partial charge < -0.3 is 28.6 Å². The molecule has 2 heterocycles. The Labute approximate surface area is 186 Å². The zero-order valence-electron chi connectivity index (χ0n) is 18.3. The van der Waals surface area contributed by atoms with E-state index in [1.807, 2.05) is 0 Å². The van der Waals surface area contributed by atoms with Gasteiger partial charge >= 0.3 is 0 Å². The second kappa shape index (κ2) is 9.21. The summed E-state index contributed by atoms with van der Waals surface area (Å²) in [7, 11) is 4.56. The molecule has 168 valence electrons. The van der Waals surface area contributed by atoms with E-state index >= 15 is 0 Å². The molecule has 4 rings (SSSR count). The Kier molecular flexibility index (Phi) is 6.20. The molecular weight excluding hydrogens is 414 g/mol. The summed E-state index contributed by atoms with van der Waals surface area (Å²) in [5.74, 6) is 2.06. The zero-order valence-corrected chi connectivity index (χ0v) is 18.3. The standard InChI is InChI=1S/C24H25NO7/c1-28-18-9-6-15(23(29-2)24(18)30-3)12-20-22(27)17-8-7-16(13-19(17)32-20)31-14-21(26)25-10-4-5-11-25/h6-9,12-13H,4-5,10-11,14H2,1-3H3. The highest BCUT2D eigenvalue weighted by molar-refractivity contribution is 6.14. The van der Waals surface area contributed by atoms with Crippen molar-refractivity contribution >= 4 is 17.8 Å². The van der Waals surface area contributed by atoms with E-state index in [1.165, 1.54) is 21.3 Å². The number of benzene rings is 2. The highest BCUT2D eigenvalue weighted by atomic mass is 16.5. The van der Waals surface area contributed by atoms with Crippen LogP contribution in [0.15, 0.2) is 36.1 Å². The number of carbonyl (C=O) groups excluding carboxylic acids is 2.